The molecule has 3 nitrogen and oxygen atoms in total. The maximum atomic E-state index is 9.09. The van der Waals surface area contributed by atoms with Crippen LogP contribution >= 0.6 is 0 Å². The molecular weight excluding hydrogens is 214 g/mol. The molecule has 1 atom stereocenters. The lowest BCUT2D eigenvalue weighted by Crippen LogP contribution is -2.09. The van der Waals surface area contributed by atoms with Gasteiger partial charge in [0.1, 0.15) is 5.75 Å². The van der Waals surface area contributed by atoms with E-state index in [0.29, 0.717) is 5.75 Å². The maximum absolute atomic E-state index is 9.09. The topological polar surface area (TPSA) is 55.5 Å². The Morgan fingerprint density at radius 2 is 1.41 bits per heavy atom. The molecule has 0 aliphatic rings. The molecule has 3 heteroatoms. The molecule has 0 heterocycles. The zero-order valence-corrected chi connectivity index (χ0v) is 9.63. The van der Waals surface area contributed by atoms with Crippen LogP contribution in [0.4, 0.5) is 5.69 Å². The first-order valence-electron chi connectivity index (χ1n) is 5.46. The first-order valence-corrected chi connectivity index (χ1v) is 5.46. The Hall–Kier alpha value is -2.00. The van der Waals surface area contributed by atoms with E-state index in [1.165, 1.54) is 0 Å². The summed E-state index contributed by atoms with van der Waals surface area (Å²) in [5.41, 5.74) is 8.57. The minimum Gasteiger partial charge on any atom is -0.465 e. The summed E-state index contributed by atoms with van der Waals surface area (Å²) in [7, 11) is 0. The number of rotatable bonds is 3. The van der Waals surface area contributed by atoms with Gasteiger partial charge in [-0.25, -0.2) is 0 Å². The summed E-state index contributed by atoms with van der Waals surface area (Å²) in [6.07, 6.45) is -0.794. The second-order valence-corrected chi connectivity index (χ2v) is 3.86. The number of nitrogens with two attached hydrogens (primary N) is 1. The van der Waals surface area contributed by atoms with Gasteiger partial charge in [0.05, 0.1) is 0 Å². The molecule has 88 valence electrons. The Kier molecular flexibility index (Phi) is 3.30. The van der Waals surface area contributed by atoms with Crippen molar-refractivity contribution in [3.05, 3.63) is 48.5 Å². The molecule has 2 aromatic carbocycles. The molecule has 2 aromatic rings. The van der Waals surface area contributed by atoms with Gasteiger partial charge in [-0.2, -0.15) is 0 Å². The van der Waals surface area contributed by atoms with Crippen LogP contribution in [0.5, 0.6) is 5.75 Å². The van der Waals surface area contributed by atoms with Crippen LogP contribution < -0.4 is 10.5 Å². The van der Waals surface area contributed by atoms with Crippen molar-refractivity contribution in [2.45, 2.75) is 13.2 Å². The lowest BCUT2D eigenvalue weighted by Gasteiger charge is -2.09. The Labute approximate surface area is 100 Å². The smallest absolute Gasteiger partial charge is 0.194 e. The Bertz CT molecular complexity index is 475. The fourth-order valence-corrected chi connectivity index (χ4v) is 1.60. The van der Waals surface area contributed by atoms with Crippen LogP contribution in [-0.2, 0) is 0 Å². The molecule has 0 saturated heterocycles. The van der Waals surface area contributed by atoms with E-state index >= 15 is 0 Å². The number of hydrogen-bond acceptors (Lipinski definition) is 3. The van der Waals surface area contributed by atoms with Crippen LogP contribution in [0.1, 0.15) is 6.92 Å². The zero-order valence-electron chi connectivity index (χ0n) is 9.63. The largest absolute Gasteiger partial charge is 0.465 e. The Balaban J connectivity index is 2.20. The number of aliphatic hydroxyl groups excluding tert-OH is 1. The molecule has 0 saturated carbocycles. The Morgan fingerprint density at radius 1 is 0.941 bits per heavy atom. The van der Waals surface area contributed by atoms with Gasteiger partial charge in [-0.1, -0.05) is 24.3 Å². The van der Waals surface area contributed by atoms with Crippen molar-refractivity contribution in [3.8, 4) is 16.9 Å². The number of aliphatic hydroxyl groups is 1. The number of ether oxygens (including phenoxy) is 1. The highest BCUT2D eigenvalue weighted by molar-refractivity contribution is 5.66. The molecule has 0 fully saturated rings. The number of anilines is 1. The third kappa shape index (κ3) is 2.98. The monoisotopic (exact) mass is 229 g/mol. The van der Waals surface area contributed by atoms with E-state index < -0.39 is 6.29 Å². The van der Waals surface area contributed by atoms with E-state index in [9.17, 15) is 0 Å². The highest BCUT2D eigenvalue weighted by Gasteiger charge is 2.00. The average molecular weight is 229 g/mol. The van der Waals surface area contributed by atoms with E-state index in [1.807, 2.05) is 48.5 Å². The van der Waals surface area contributed by atoms with Crippen LogP contribution in [0, 0.1) is 0 Å². The highest BCUT2D eigenvalue weighted by atomic mass is 16.6. The van der Waals surface area contributed by atoms with Gasteiger partial charge < -0.3 is 15.6 Å². The van der Waals surface area contributed by atoms with Gasteiger partial charge in [0.2, 0.25) is 0 Å². The summed E-state index contributed by atoms with van der Waals surface area (Å²) < 4.78 is 5.16. The second-order valence-electron chi connectivity index (χ2n) is 3.86. The number of benzene rings is 2. The summed E-state index contributed by atoms with van der Waals surface area (Å²) >= 11 is 0. The standard InChI is InChI=1S/C14H15NO2/c1-10(16)17-14-8-4-12(5-9-14)11-2-6-13(15)7-3-11/h2-10,16H,15H2,1H3. The van der Waals surface area contributed by atoms with Crippen molar-refractivity contribution in [2.75, 3.05) is 5.73 Å². The molecule has 0 bridgehead atoms. The van der Waals surface area contributed by atoms with Crippen LogP contribution in [0.3, 0.4) is 0 Å². The second kappa shape index (κ2) is 4.89. The molecule has 0 amide bonds. The SMILES string of the molecule is CC(O)Oc1ccc(-c2ccc(N)cc2)cc1. The van der Waals surface area contributed by atoms with E-state index in [1.54, 1.807) is 6.92 Å². The molecule has 3 N–H and O–H groups in total. The van der Waals surface area contributed by atoms with Crippen LogP contribution in [0.2, 0.25) is 0 Å². The predicted molar refractivity (Wildman–Crippen MR) is 68.6 cm³/mol. The molecule has 0 spiro atoms. The fourth-order valence-electron chi connectivity index (χ4n) is 1.60. The first kappa shape index (κ1) is 11.5. The normalized spacial score (nSPS) is 12.1. The average Bonchev–Trinajstić information content (AvgIpc) is 2.30. The van der Waals surface area contributed by atoms with Crippen molar-refractivity contribution in [3.63, 3.8) is 0 Å². The summed E-state index contributed by atoms with van der Waals surface area (Å²) in [4.78, 5) is 0. The molecule has 0 aliphatic heterocycles. The van der Waals surface area contributed by atoms with Gasteiger partial charge >= 0.3 is 0 Å². The summed E-state index contributed by atoms with van der Waals surface area (Å²) in [6, 6.07) is 15.2. The molecule has 0 aliphatic carbocycles. The lowest BCUT2D eigenvalue weighted by molar-refractivity contribution is -0.000281. The summed E-state index contributed by atoms with van der Waals surface area (Å²) in [5, 5.41) is 9.09. The van der Waals surface area contributed by atoms with Crippen molar-refractivity contribution in [1.29, 1.82) is 0 Å². The molecule has 17 heavy (non-hydrogen) atoms. The molecular formula is C14H15NO2. The van der Waals surface area contributed by atoms with E-state index in [4.69, 9.17) is 15.6 Å². The van der Waals surface area contributed by atoms with Crippen molar-refractivity contribution in [1.82, 2.24) is 0 Å². The van der Waals surface area contributed by atoms with Gasteiger partial charge in [-0.3, -0.25) is 0 Å². The maximum Gasteiger partial charge on any atom is 0.194 e. The molecule has 2 rings (SSSR count). The highest BCUT2D eigenvalue weighted by Crippen LogP contribution is 2.23. The minimum absolute atomic E-state index is 0.652. The zero-order chi connectivity index (χ0) is 12.3. The van der Waals surface area contributed by atoms with Crippen molar-refractivity contribution in [2.24, 2.45) is 0 Å². The van der Waals surface area contributed by atoms with Crippen molar-refractivity contribution < 1.29 is 9.84 Å². The van der Waals surface area contributed by atoms with Crippen LogP contribution in [0.15, 0.2) is 48.5 Å². The van der Waals surface area contributed by atoms with Gasteiger partial charge in [0.15, 0.2) is 6.29 Å². The predicted octanol–water partition coefficient (Wildman–Crippen LogP) is 2.65. The van der Waals surface area contributed by atoms with Gasteiger partial charge in [-0.15, -0.1) is 0 Å². The van der Waals surface area contributed by atoms with Crippen LogP contribution in [0.25, 0.3) is 11.1 Å². The van der Waals surface area contributed by atoms with Crippen molar-refractivity contribution >= 4 is 5.69 Å². The fraction of sp³-hybridized carbons (Fsp3) is 0.143. The molecule has 1 unspecified atom stereocenters. The third-order valence-corrected chi connectivity index (χ3v) is 2.40. The number of hydrogen-bond donors (Lipinski definition) is 2. The molecule has 0 aromatic heterocycles. The van der Waals surface area contributed by atoms with E-state index in [2.05, 4.69) is 0 Å². The van der Waals surface area contributed by atoms with Gasteiger partial charge in [-0.05, 0) is 42.3 Å². The Morgan fingerprint density at radius 3 is 1.88 bits per heavy atom. The first-order chi connectivity index (χ1) is 8.15. The van der Waals surface area contributed by atoms with E-state index in [-0.39, 0.29) is 0 Å². The quantitative estimate of drug-likeness (QED) is 0.628. The van der Waals surface area contributed by atoms with Crippen LogP contribution in [-0.4, -0.2) is 11.4 Å². The lowest BCUT2D eigenvalue weighted by atomic mass is 10.1. The third-order valence-electron chi connectivity index (χ3n) is 2.40. The summed E-state index contributed by atoms with van der Waals surface area (Å²) in [6.45, 7) is 1.58. The number of nitrogen functional groups attached to an aromatic ring is 1. The minimum atomic E-state index is -0.794. The molecule has 0 radical (unpaired) electrons. The summed E-state index contributed by atoms with van der Waals surface area (Å²) in [5.74, 6) is 0.652. The van der Waals surface area contributed by atoms with Gasteiger partial charge in [0.25, 0.3) is 0 Å². The van der Waals surface area contributed by atoms with Gasteiger partial charge in [0, 0.05) is 5.69 Å². The van der Waals surface area contributed by atoms with E-state index in [0.717, 1.165) is 16.8 Å².